The number of rotatable bonds is 3. The van der Waals surface area contributed by atoms with Gasteiger partial charge in [0.05, 0.1) is 0 Å². The van der Waals surface area contributed by atoms with E-state index in [1.165, 1.54) is 0 Å². The maximum absolute atomic E-state index is 11.3. The molecule has 0 radical (unpaired) electrons. The Kier molecular flexibility index (Phi) is 4.53. The zero-order chi connectivity index (χ0) is 10.5. The third-order valence-electron chi connectivity index (χ3n) is 1.19. The minimum Gasteiger partial charge on any atom is -0.317 e. The monoisotopic (exact) mass is 201 g/mol. The van der Waals surface area contributed by atoms with E-state index in [2.05, 4.69) is 15.1 Å². The first-order chi connectivity index (χ1) is 5.85. The maximum atomic E-state index is 11.3. The first kappa shape index (κ1) is 12.0. The van der Waals surface area contributed by atoms with Gasteiger partial charge in [-0.25, -0.2) is 4.79 Å². The number of halogens is 3. The summed E-state index contributed by atoms with van der Waals surface area (Å²) in [7, 11) is 0. The van der Waals surface area contributed by atoms with Crippen molar-refractivity contribution in [2.75, 3.05) is 0 Å². The smallest absolute Gasteiger partial charge is 0.317 e. The van der Waals surface area contributed by atoms with Crippen LogP contribution >= 0.6 is 0 Å². The fourth-order valence-corrected chi connectivity index (χ4v) is 0.412. The molecule has 7 heteroatoms. The van der Waals surface area contributed by atoms with E-state index in [1.807, 2.05) is 0 Å². The van der Waals surface area contributed by atoms with Crippen LogP contribution in [0.3, 0.4) is 0 Å². The lowest BCUT2D eigenvalue weighted by atomic mass is 10.3. The summed E-state index contributed by atoms with van der Waals surface area (Å²) >= 11 is 0. The van der Waals surface area contributed by atoms with Crippen molar-refractivity contribution in [1.29, 1.82) is 0 Å². The van der Waals surface area contributed by atoms with E-state index in [0.29, 0.717) is 6.42 Å². The highest BCUT2D eigenvalue weighted by molar-refractivity contribution is 5.66. The number of carbonyl (C=O) groups excluding carboxylic acids is 1. The third-order valence-corrected chi connectivity index (χ3v) is 1.19. The standard InChI is InChI=1S/C6H10F3NO3/c1-3-4(2)10-5(11)12-13-6(7,8)9/h4H,3H2,1-2H3,(H,10,11). The van der Waals surface area contributed by atoms with E-state index < -0.39 is 12.5 Å². The molecule has 78 valence electrons. The van der Waals surface area contributed by atoms with Crippen LogP contribution in [0.1, 0.15) is 20.3 Å². The predicted octanol–water partition coefficient (Wildman–Crippen LogP) is 1.96. The molecule has 1 N–H and O–H groups in total. The van der Waals surface area contributed by atoms with Gasteiger partial charge in [-0.3, -0.25) is 4.89 Å². The van der Waals surface area contributed by atoms with Gasteiger partial charge in [-0.1, -0.05) is 11.8 Å². The van der Waals surface area contributed by atoms with Crippen LogP contribution in [0.15, 0.2) is 0 Å². The summed E-state index contributed by atoms with van der Waals surface area (Å²) in [5, 5.41) is 2.12. The first-order valence-electron chi connectivity index (χ1n) is 3.58. The highest BCUT2D eigenvalue weighted by atomic mass is 19.4. The summed E-state index contributed by atoms with van der Waals surface area (Å²) in [6, 6.07) is -0.260. The molecule has 0 aliphatic heterocycles. The Morgan fingerprint density at radius 2 is 2.08 bits per heavy atom. The van der Waals surface area contributed by atoms with E-state index in [-0.39, 0.29) is 6.04 Å². The molecular formula is C6H10F3NO3. The second-order valence-electron chi connectivity index (χ2n) is 2.35. The van der Waals surface area contributed by atoms with Gasteiger partial charge in [-0.2, -0.15) is 0 Å². The molecule has 0 aromatic carbocycles. The number of alkyl halides is 3. The van der Waals surface area contributed by atoms with Crippen molar-refractivity contribution in [3.05, 3.63) is 0 Å². The van der Waals surface area contributed by atoms with E-state index in [1.54, 1.807) is 13.8 Å². The molecule has 13 heavy (non-hydrogen) atoms. The van der Waals surface area contributed by atoms with Crippen LogP contribution in [0.2, 0.25) is 0 Å². The van der Waals surface area contributed by atoms with Crippen LogP contribution < -0.4 is 5.32 Å². The fourth-order valence-electron chi connectivity index (χ4n) is 0.412. The SMILES string of the molecule is CCC(C)NC(=O)OOC(F)(F)F. The molecule has 0 saturated carbocycles. The third kappa shape index (κ3) is 7.38. The summed E-state index contributed by atoms with van der Waals surface area (Å²) in [6.45, 7) is 3.38. The number of amides is 1. The number of nitrogens with one attached hydrogen (secondary N) is 1. The van der Waals surface area contributed by atoms with Crippen LogP contribution in [-0.2, 0) is 9.78 Å². The first-order valence-corrected chi connectivity index (χ1v) is 3.58. The van der Waals surface area contributed by atoms with Crippen molar-refractivity contribution in [1.82, 2.24) is 5.32 Å². The van der Waals surface area contributed by atoms with Crippen LogP contribution in [0.4, 0.5) is 18.0 Å². The van der Waals surface area contributed by atoms with Crippen molar-refractivity contribution in [3.8, 4) is 0 Å². The van der Waals surface area contributed by atoms with Gasteiger partial charge in [0.15, 0.2) is 0 Å². The van der Waals surface area contributed by atoms with Gasteiger partial charge in [0.25, 0.3) is 0 Å². The van der Waals surface area contributed by atoms with Crippen LogP contribution in [0.5, 0.6) is 0 Å². The lowest BCUT2D eigenvalue weighted by molar-refractivity contribution is -0.457. The quantitative estimate of drug-likeness (QED) is 0.560. The van der Waals surface area contributed by atoms with E-state index in [4.69, 9.17) is 0 Å². The number of hydrogen-bond donors (Lipinski definition) is 1. The molecule has 1 unspecified atom stereocenters. The number of carbonyl (C=O) groups is 1. The van der Waals surface area contributed by atoms with E-state index in [0.717, 1.165) is 0 Å². The zero-order valence-corrected chi connectivity index (χ0v) is 7.14. The molecule has 0 aliphatic carbocycles. The highest BCUT2D eigenvalue weighted by Gasteiger charge is 2.33. The Hall–Kier alpha value is -0.980. The van der Waals surface area contributed by atoms with Crippen LogP contribution in [0, 0.1) is 0 Å². The minimum atomic E-state index is -4.97. The molecule has 0 bridgehead atoms. The maximum Gasteiger partial charge on any atom is 0.558 e. The molecule has 0 aliphatic rings. The molecule has 0 rings (SSSR count). The molecule has 0 heterocycles. The number of hydrogen-bond acceptors (Lipinski definition) is 3. The van der Waals surface area contributed by atoms with Crippen molar-refractivity contribution in [2.45, 2.75) is 32.7 Å². The van der Waals surface area contributed by atoms with Gasteiger partial charge in [0.2, 0.25) is 0 Å². The van der Waals surface area contributed by atoms with Crippen molar-refractivity contribution < 1.29 is 27.7 Å². The molecule has 1 atom stereocenters. The molecule has 0 spiro atoms. The van der Waals surface area contributed by atoms with Crippen molar-refractivity contribution in [3.63, 3.8) is 0 Å². The van der Waals surface area contributed by atoms with Crippen LogP contribution in [-0.4, -0.2) is 18.5 Å². The molecule has 0 saturated heterocycles. The Labute approximate surface area is 72.9 Å². The molecule has 0 fully saturated rings. The van der Waals surface area contributed by atoms with Gasteiger partial charge in [-0.05, 0) is 13.3 Å². The average molecular weight is 201 g/mol. The second kappa shape index (κ2) is 4.90. The summed E-state index contributed by atoms with van der Waals surface area (Å²) in [6.07, 6.45) is -5.64. The molecular weight excluding hydrogens is 191 g/mol. The van der Waals surface area contributed by atoms with E-state index >= 15 is 0 Å². The Balaban J connectivity index is 3.64. The van der Waals surface area contributed by atoms with E-state index in [9.17, 15) is 18.0 Å². The Morgan fingerprint density at radius 1 is 1.54 bits per heavy atom. The van der Waals surface area contributed by atoms with Crippen LogP contribution in [0.25, 0.3) is 0 Å². The summed E-state index contributed by atoms with van der Waals surface area (Å²) in [5.74, 6) is 0. The zero-order valence-electron chi connectivity index (χ0n) is 7.14. The summed E-state index contributed by atoms with van der Waals surface area (Å²) in [4.78, 5) is 16.7. The van der Waals surface area contributed by atoms with Gasteiger partial charge in [0, 0.05) is 6.04 Å². The lowest BCUT2D eigenvalue weighted by Gasteiger charge is -2.10. The molecule has 0 aromatic heterocycles. The fraction of sp³-hybridized carbons (Fsp3) is 0.833. The molecule has 0 aromatic rings. The average Bonchev–Trinajstić information content (AvgIpc) is 1.99. The largest absolute Gasteiger partial charge is 0.558 e. The van der Waals surface area contributed by atoms with Gasteiger partial charge < -0.3 is 5.32 Å². The lowest BCUT2D eigenvalue weighted by Crippen LogP contribution is -2.33. The predicted molar refractivity (Wildman–Crippen MR) is 36.5 cm³/mol. The van der Waals surface area contributed by atoms with Gasteiger partial charge in [-0.15, -0.1) is 13.2 Å². The topological polar surface area (TPSA) is 47.6 Å². The van der Waals surface area contributed by atoms with Gasteiger partial charge >= 0.3 is 12.5 Å². The summed E-state index contributed by atoms with van der Waals surface area (Å²) < 4.78 is 33.9. The van der Waals surface area contributed by atoms with Crippen molar-refractivity contribution in [2.24, 2.45) is 0 Å². The highest BCUT2D eigenvalue weighted by Crippen LogP contribution is 2.16. The Morgan fingerprint density at radius 3 is 2.46 bits per heavy atom. The minimum absolute atomic E-state index is 0.260. The van der Waals surface area contributed by atoms with Gasteiger partial charge in [0.1, 0.15) is 0 Å². The molecule has 4 nitrogen and oxygen atoms in total. The second-order valence-corrected chi connectivity index (χ2v) is 2.35. The Bertz CT molecular complexity index is 171. The normalized spacial score (nSPS) is 13.6. The summed E-state index contributed by atoms with van der Waals surface area (Å²) in [5.41, 5.74) is 0. The van der Waals surface area contributed by atoms with Crippen molar-refractivity contribution >= 4 is 6.09 Å². The molecule has 1 amide bonds.